The largest absolute Gasteiger partial charge is 0.333 e. The number of imide groups is 2. The summed E-state index contributed by atoms with van der Waals surface area (Å²) >= 11 is 0. The first-order chi connectivity index (χ1) is 6.87. The second kappa shape index (κ2) is 3.64. The van der Waals surface area contributed by atoms with Crippen LogP contribution < -0.4 is 0 Å². The first-order valence-corrected chi connectivity index (χ1v) is 5.05. The van der Waals surface area contributed by atoms with E-state index in [1.807, 2.05) is 0 Å². The standard InChI is InChI=1S/C10H16N2O3/c1-5-11-7(13)10(3,4)8(14)12(6-2)9(11)15/h5-6H2,1-4H3. The van der Waals surface area contributed by atoms with Crippen LogP contribution in [0.15, 0.2) is 0 Å². The molecule has 0 bridgehead atoms. The molecule has 0 N–H and O–H groups in total. The number of carbonyl (C=O) groups is 3. The van der Waals surface area contributed by atoms with E-state index in [9.17, 15) is 14.4 Å². The van der Waals surface area contributed by atoms with E-state index in [0.29, 0.717) is 13.1 Å². The van der Waals surface area contributed by atoms with Crippen molar-refractivity contribution >= 4 is 17.8 Å². The van der Waals surface area contributed by atoms with E-state index in [2.05, 4.69) is 0 Å². The maximum absolute atomic E-state index is 11.8. The lowest BCUT2D eigenvalue weighted by Crippen LogP contribution is -2.63. The molecule has 4 amide bonds. The summed E-state index contributed by atoms with van der Waals surface area (Å²) < 4.78 is 0. The molecule has 1 rings (SSSR count). The van der Waals surface area contributed by atoms with E-state index < -0.39 is 23.3 Å². The highest BCUT2D eigenvalue weighted by molar-refractivity contribution is 6.18. The zero-order chi connectivity index (χ0) is 11.8. The molecular weight excluding hydrogens is 196 g/mol. The lowest BCUT2D eigenvalue weighted by atomic mass is 9.88. The average molecular weight is 212 g/mol. The molecule has 0 saturated carbocycles. The van der Waals surface area contributed by atoms with Crippen LogP contribution in [-0.4, -0.2) is 40.7 Å². The van der Waals surface area contributed by atoms with Crippen molar-refractivity contribution in [1.29, 1.82) is 0 Å². The molecule has 5 nitrogen and oxygen atoms in total. The van der Waals surface area contributed by atoms with Crippen LogP contribution in [0.1, 0.15) is 27.7 Å². The van der Waals surface area contributed by atoms with Crippen LogP contribution in [-0.2, 0) is 9.59 Å². The van der Waals surface area contributed by atoms with Crippen molar-refractivity contribution < 1.29 is 14.4 Å². The summed E-state index contributed by atoms with van der Waals surface area (Å²) in [7, 11) is 0. The van der Waals surface area contributed by atoms with Gasteiger partial charge in [0, 0.05) is 13.1 Å². The third-order valence-electron chi connectivity index (χ3n) is 2.65. The SMILES string of the molecule is CCN1C(=O)N(CC)C(=O)C(C)(C)C1=O. The molecule has 5 heteroatoms. The Morgan fingerprint density at radius 2 is 1.27 bits per heavy atom. The van der Waals surface area contributed by atoms with Crippen molar-refractivity contribution in [1.82, 2.24) is 9.80 Å². The van der Waals surface area contributed by atoms with Gasteiger partial charge in [0.05, 0.1) is 0 Å². The van der Waals surface area contributed by atoms with Crippen molar-refractivity contribution in [3.8, 4) is 0 Å². The normalized spacial score (nSPS) is 21.2. The maximum atomic E-state index is 11.8. The van der Waals surface area contributed by atoms with Crippen molar-refractivity contribution in [2.75, 3.05) is 13.1 Å². The van der Waals surface area contributed by atoms with E-state index in [4.69, 9.17) is 0 Å². The van der Waals surface area contributed by atoms with Gasteiger partial charge in [-0.05, 0) is 27.7 Å². The van der Waals surface area contributed by atoms with Gasteiger partial charge in [0.25, 0.3) is 0 Å². The third-order valence-corrected chi connectivity index (χ3v) is 2.65. The van der Waals surface area contributed by atoms with Crippen LogP contribution in [0, 0.1) is 5.41 Å². The fourth-order valence-electron chi connectivity index (χ4n) is 1.64. The fraction of sp³-hybridized carbons (Fsp3) is 0.700. The van der Waals surface area contributed by atoms with Gasteiger partial charge in [0.1, 0.15) is 5.41 Å². The highest BCUT2D eigenvalue weighted by atomic mass is 16.2. The Morgan fingerprint density at radius 1 is 0.933 bits per heavy atom. The molecule has 0 atom stereocenters. The fourth-order valence-corrected chi connectivity index (χ4v) is 1.64. The number of barbiturate groups is 1. The highest BCUT2D eigenvalue weighted by Gasteiger charge is 2.50. The third kappa shape index (κ3) is 1.52. The van der Waals surface area contributed by atoms with Gasteiger partial charge in [-0.2, -0.15) is 0 Å². The van der Waals surface area contributed by atoms with Gasteiger partial charge < -0.3 is 0 Å². The van der Waals surface area contributed by atoms with Crippen molar-refractivity contribution in [2.24, 2.45) is 5.41 Å². The summed E-state index contributed by atoms with van der Waals surface area (Å²) in [5, 5.41) is 0. The number of hydrogen-bond acceptors (Lipinski definition) is 3. The van der Waals surface area contributed by atoms with Crippen molar-refractivity contribution in [3.63, 3.8) is 0 Å². The Kier molecular flexibility index (Phi) is 2.83. The maximum Gasteiger partial charge on any atom is 0.333 e. The molecule has 0 aliphatic carbocycles. The first kappa shape index (κ1) is 11.7. The monoisotopic (exact) mass is 212 g/mol. The Hall–Kier alpha value is -1.39. The summed E-state index contributed by atoms with van der Waals surface area (Å²) in [4.78, 5) is 37.6. The van der Waals surface area contributed by atoms with Gasteiger partial charge in [0.15, 0.2) is 0 Å². The number of amides is 4. The van der Waals surface area contributed by atoms with Crippen molar-refractivity contribution in [3.05, 3.63) is 0 Å². The molecule has 0 radical (unpaired) electrons. The molecule has 0 aromatic heterocycles. The van der Waals surface area contributed by atoms with Crippen LogP contribution in [0.3, 0.4) is 0 Å². The van der Waals surface area contributed by atoms with Crippen LogP contribution in [0.2, 0.25) is 0 Å². The van der Waals surface area contributed by atoms with Crippen LogP contribution in [0.4, 0.5) is 4.79 Å². The molecule has 0 aromatic rings. The lowest BCUT2D eigenvalue weighted by molar-refractivity contribution is -0.155. The van der Waals surface area contributed by atoms with E-state index in [1.54, 1.807) is 27.7 Å². The topological polar surface area (TPSA) is 57.7 Å². The number of carbonyl (C=O) groups excluding carboxylic acids is 3. The van der Waals surface area contributed by atoms with Crippen LogP contribution in [0.5, 0.6) is 0 Å². The number of rotatable bonds is 2. The number of nitrogens with zero attached hydrogens (tertiary/aromatic N) is 2. The van der Waals surface area contributed by atoms with E-state index >= 15 is 0 Å². The number of hydrogen-bond donors (Lipinski definition) is 0. The van der Waals surface area contributed by atoms with Crippen molar-refractivity contribution in [2.45, 2.75) is 27.7 Å². The van der Waals surface area contributed by atoms with E-state index in [0.717, 1.165) is 9.80 Å². The summed E-state index contributed by atoms with van der Waals surface area (Å²) in [6, 6.07) is -0.505. The smallest absolute Gasteiger partial charge is 0.273 e. The Bertz CT molecular complexity index is 295. The van der Waals surface area contributed by atoms with Crippen LogP contribution >= 0.6 is 0 Å². The molecule has 0 unspecified atom stereocenters. The molecule has 1 aliphatic heterocycles. The zero-order valence-electron chi connectivity index (χ0n) is 9.53. The van der Waals surface area contributed by atoms with E-state index in [-0.39, 0.29) is 0 Å². The van der Waals surface area contributed by atoms with Gasteiger partial charge in [-0.15, -0.1) is 0 Å². The van der Waals surface area contributed by atoms with Crippen LogP contribution in [0.25, 0.3) is 0 Å². The zero-order valence-corrected chi connectivity index (χ0v) is 9.53. The number of urea groups is 1. The molecule has 1 saturated heterocycles. The molecule has 84 valence electrons. The predicted octanol–water partition coefficient (Wildman–Crippen LogP) is 0.843. The molecule has 0 aromatic carbocycles. The Balaban J connectivity index is 3.16. The van der Waals surface area contributed by atoms with Gasteiger partial charge in [0.2, 0.25) is 11.8 Å². The lowest BCUT2D eigenvalue weighted by Gasteiger charge is -2.39. The molecule has 1 fully saturated rings. The molecule has 1 aliphatic rings. The summed E-state index contributed by atoms with van der Waals surface area (Å²) in [5.41, 5.74) is -1.13. The summed E-state index contributed by atoms with van der Waals surface area (Å²) in [6.45, 7) is 7.13. The predicted molar refractivity (Wildman–Crippen MR) is 54.0 cm³/mol. The quantitative estimate of drug-likeness (QED) is 0.637. The summed E-state index contributed by atoms with van der Waals surface area (Å²) in [6.07, 6.45) is 0. The second-order valence-electron chi connectivity index (χ2n) is 4.01. The van der Waals surface area contributed by atoms with Gasteiger partial charge in [-0.3, -0.25) is 19.4 Å². The molecule has 1 heterocycles. The molecule has 0 spiro atoms. The molecule has 15 heavy (non-hydrogen) atoms. The second-order valence-corrected chi connectivity index (χ2v) is 4.01. The Morgan fingerprint density at radius 3 is 1.53 bits per heavy atom. The van der Waals surface area contributed by atoms with E-state index in [1.165, 1.54) is 0 Å². The first-order valence-electron chi connectivity index (χ1n) is 5.05. The average Bonchev–Trinajstić information content (AvgIpc) is 2.18. The summed E-state index contributed by atoms with van der Waals surface area (Å²) in [5.74, 6) is -0.825. The van der Waals surface area contributed by atoms with Gasteiger partial charge in [-0.1, -0.05) is 0 Å². The molecular formula is C10H16N2O3. The van der Waals surface area contributed by atoms with Gasteiger partial charge in [-0.25, -0.2) is 4.79 Å². The minimum Gasteiger partial charge on any atom is -0.273 e. The Labute approximate surface area is 89.0 Å². The minimum atomic E-state index is -1.13. The minimum absolute atomic E-state index is 0.297. The van der Waals surface area contributed by atoms with Gasteiger partial charge >= 0.3 is 6.03 Å². The highest BCUT2D eigenvalue weighted by Crippen LogP contribution is 2.28.